The van der Waals surface area contributed by atoms with Crippen LogP contribution in [0, 0.1) is 0 Å². The number of halogens is 3. The molecule has 0 aliphatic rings. The van der Waals surface area contributed by atoms with Crippen LogP contribution >= 0.6 is 0 Å². The van der Waals surface area contributed by atoms with Crippen molar-refractivity contribution in [3.8, 4) is 0 Å². The molecule has 0 saturated heterocycles. The van der Waals surface area contributed by atoms with Crippen molar-refractivity contribution in [1.29, 1.82) is 0 Å². The van der Waals surface area contributed by atoms with E-state index in [1.807, 2.05) is 30.3 Å². The van der Waals surface area contributed by atoms with Crippen LogP contribution in [-0.4, -0.2) is 18.2 Å². The molecule has 0 aliphatic heterocycles. The Balaban J connectivity index is 2.20. The lowest BCUT2D eigenvalue weighted by atomic mass is 10.0. The molecule has 1 atom stereocenters. The van der Waals surface area contributed by atoms with Gasteiger partial charge in [-0.1, -0.05) is 18.2 Å². The fraction of sp³-hybridized carbons (Fsp3) is 0.357. The Bertz CT molecular complexity index is 552. The number of alkyl halides is 3. The zero-order valence-corrected chi connectivity index (χ0v) is 10.5. The Morgan fingerprint density at radius 3 is 2.74 bits per heavy atom. The van der Waals surface area contributed by atoms with Gasteiger partial charge in [-0.05, 0) is 31.2 Å². The molecule has 0 radical (unpaired) electrons. The van der Waals surface area contributed by atoms with Crippen LogP contribution in [0.5, 0.6) is 0 Å². The quantitative estimate of drug-likeness (QED) is 0.911. The third kappa shape index (κ3) is 3.67. The van der Waals surface area contributed by atoms with Crippen LogP contribution in [0.1, 0.15) is 24.4 Å². The van der Waals surface area contributed by atoms with Gasteiger partial charge in [-0.3, -0.25) is 4.98 Å². The van der Waals surface area contributed by atoms with Gasteiger partial charge in [-0.2, -0.15) is 13.2 Å². The molecule has 0 spiro atoms. The van der Waals surface area contributed by atoms with E-state index in [0.29, 0.717) is 0 Å². The van der Waals surface area contributed by atoms with Crippen LogP contribution in [0.4, 0.5) is 13.2 Å². The first-order chi connectivity index (χ1) is 8.99. The second-order valence-electron chi connectivity index (χ2n) is 4.45. The predicted octanol–water partition coefficient (Wildman–Crippen LogP) is 3.84. The first-order valence-electron chi connectivity index (χ1n) is 6.08. The van der Waals surface area contributed by atoms with Gasteiger partial charge in [0.25, 0.3) is 0 Å². The third-order valence-corrected chi connectivity index (χ3v) is 3.10. The second kappa shape index (κ2) is 5.57. The van der Waals surface area contributed by atoms with Crippen molar-refractivity contribution < 1.29 is 13.2 Å². The molecule has 0 amide bonds. The van der Waals surface area contributed by atoms with E-state index < -0.39 is 12.6 Å². The van der Waals surface area contributed by atoms with E-state index in [0.717, 1.165) is 16.5 Å². The fourth-order valence-corrected chi connectivity index (χ4v) is 2.09. The van der Waals surface area contributed by atoms with E-state index in [9.17, 15) is 13.2 Å². The van der Waals surface area contributed by atoms with E-state index in [1.165, 1.54) is 0 Å². The van der Waals surface area contributed by atoms with Crippen LogP contribution in [0.15, 0.2) is 36.5 Å². The molecule has 2 nitrogen and oxygen atoms in total. The van der Waals surface area contributed by atoms with Crippen molar-refractivity contribution in [2.45, 2.75) is 25.1 Å². The summed E-state index contributed by atoms with van der Waals surface area (Å²) in [6.45, 7) is 0. The summed E-state index contributed by atoms with van der Waals surface area (Å²) in [5.74, 6) is 0. The van der Waals surface area contributed by atoms with Crippen molar-refractivity contribution >= 4 is 10.9 Å². The summed E-state index contributed by atoms with van der Waals surface area (Å²) in [6.07, 6.45) is -3.21. The summed E-state index contributed by atoms with van der Waals surface area (Å²) in [5.41, 5.74) is 1.63. The van der Waals surface area contributed by atoms with Gasteiger partial charge < -0.3 is 5.32 Å². The van der Waals surface area contributed by atoms with Crippen LogP contribution in [0.3, 0.4) is 0 Å². The highest BCUT2D eigenvalue weighted by molar-refractivity contribution is 5.78. The van der Waals surface area contributed by atoms with Crippen molar-refractivity contribution in [3.05, 3.63) is 42.1 Å². The van der Waals surface area contributed by atoms with Crippen LogP contribution in [0.2, 0.25) is 0 Å². The third-order valence-electron chi connectivity index (χ3n) is 3.10. The number of aromatic nitrogens is 1. The molecule has 1 aromatic heterocycles. The molecule has 1 N–H and O–H groups in total. The monoisotopic (exact) mass is 268 g/mol. The lowest BCUT2D eigenvalue weighted by Crippen LogP contribution is -2.19. The van der Waals surface area contributed by atoms with Crippen molar-refractivity contribution in [2.75, 3.05) is 7.05 Å². The Morgan fingerprint density at radius 1 is 1.26 bits per heavy atom. The largest absolute Gasteiger partial charge is 0.389 e. The van der Waals surface area contributed by atoms with E-state index >= 15 is 0 Å². The van der Waals surface area contributed by atoms with Crippen LogP contribution in [0.25, 0.3) is 10.9 Å². The predicted molar refractivity (Wildman–Crippen MR) is 68.8 cm³/mol. The average molecular weight is 268 g/mol. The van der Waals surface area contributed by atoms with E-state index in [1.54, 1.807) is 13.2 Å². The van der Waals surface area contributed by atoms with Gasteiger partial charge in [0.15, 0.2) is 0 Å². The number of pyridine rings is 1. The summed E-state index contributed by atoms with van der Waals surface area (Å²) in [5, 5.41) is 3.91. The number of hydrogen-bond donors (Lipinski definition) is 1. The van der Waals surface area contributed by atoms with E-state index in [4.69, 9.17) is 0 Å². The molecule has 19 heavy (non-hydrogen) atoms. The molecule has 2 rings (SSSR count). The van der Waals surface area contributed by atoms with Gasteiger partial charge in [0.05, 0.1) is 5.52 Å². The van der Waals surface area contributed by atoms with Crippen molar-refractivity contribution in [2.24, 2.45) is 0 Å². The zero-order chi connectivity index (χ0) is 13.9. The highest BCUT2D eigenvalue weighted by Crippen LogP contribution is 2.28. The molecule has 0 saturated carbocycles. The molecule has 102 valence electrons. The highest BCUT2D eigenvalue weighted by atomic mass is 19.4. The number of rotatable bonds is 4. The number of fused-ring (bicyclic) bond motifs is 1. The number of hydrogen-bond acceptors (Lipinski definition) is 2. The molecule has 5 heteroatoms. The Kier molecular flexibility index (Phi) is 4.04. The fourth-order valence-electron chi connectivity index (χ4n) is 2.09. The molecule has 0 aliphatic carbocycles. The van der Waals surface area contributed by atoms with E-state index in [-0.39, 0.29) is 12.5 Å². The summed E-state index contributed by atoms with van der Waals surface area (Å²) in [6, 6.07) is 9.02. The number of benzene rings is 1. The van der Waals surface area contributed by atoms with Crippen molar-refractivity contribution in [1.82, 2.24) is 10.3 Å². The normalized spacial score (nSPS) is 13.7. The minimum Gasteiger partial charge on any atom is -0.313 e. The molecule has 1 unspecified atom stereocenters. The Labute approximate surface area is 109 Å². The first kappa shape index (κ1) is 13.8. The van der Waals surface area contributed by atoms with Crippen LogP contribution in [-0.2, 0) is 0 Å². The van der Waals surface area contributed by atoms with Gasteiger partial charge in [-0.25, -0.2) is 0 Å². The second-order valence-corrected chi connectivity index (χ2v) is 4.45. The van der Waals surface area contributed by atoms with Gasteiger partial charge in [-0.15, -0.1) is 0 Å². The molecular weight excluding hydrogens is 253 g/mol. The molecular formula is C14H15F3N2. The van der Waals surface area contributed by atoms with Gasteiger partial charge >= 0.3 is 6.18 Å². The standard InChI is InChI=1S/C14H15F3N2/c1-18-12(6-7-14(15,16)17)11-5-4-10-3-2-8-19-13(10)9-11/h2-5,8-9,12,18H,6-7H2,1H3. The minimum absolute atomic E-state index is 0.0261. The lowest BCUT2D eigenvalue weighted by molar-refractivity contribution is -0.136. The number of nitrogens with zero attached hydrogens (tertiary/aromatic N) is 1. The lowest BCUT2D eigenvalue weighted by Gasteiger charge is -2.18. The number of nitrogens with one attached hydrogen (secondary N) is 1. The summed E-state index contributed by atoms with van der Waals surface area (Å²) in [7, 11) is 1.67. The topological polar surface area (TPSA) is 24.9 Å². The SMILES string of the molecule is CNC(CCC(F)(F)F)c1ccc2cccnc2c1. The minimum atomic E-state index is -4.12. The Hall–Kier alpha value is -1.62. The van der Waals surface area contributed by atoms with E-state index in [2.05, 4.69) is 10.3 Å². The summed E-state index contributed by atoms with van der Waals surface area (Å²) >= 11 is 0. The molecule has 0 fully saturated rings. The smallest absolute Gasteiger partial charge is 0.313 e. The van der Waals surface area contributed by atoms with Gasteiger partial charge in [0.2, 0.25) is 0 Å². The molecule has 1 aromatic carbocycles. The summed E-state index contributed by atoms with van der Waals surface area (Å²) in [4.78, 5) is 4.22. The van der Waals surface area contributed by atoms with Gasteiger partial charge in [0, 0.05) is 24.0 Å². The zero-order valence-electron chi connectivity index (χ0n) is 10.5. The Morgan fingerprint density at radius 2 is 2.05 bits per heavy atom. The average Bonchev–Trinajstić information content (AvgIpc) is 2.38. The van der Waals surface area contributed by atoms with Gasteiger partial charge in [0.1, 0.15) is 0 Å². The first-order valence-corrected chi connectivity index (χ1v) is 6.08. The van der Waals surface area contributed by atoms with Crippen molar-refractivity contribution in [3.63, 3.8) is 0 Å². The highest BCUT2D eigenvalue weighted by Gasteiger charge is 2.28. The maximum atomic E-state index is 12.3. The maximum absolute atomic E-state index is 12.3. The summed E-state index contributed by atoms with van der Waals surface area (Å²) < 4.78 is 36.8. The molecule has 0 bridgehead atoms. The maximum Gasteiger partial charge on any atom is 0.389 e. The molecule has 1 heterocycles. The molecule has 2 aromatic rings. The van der Waals surface area contributed by atoms with Crippen LogP contribution < -0.4 is 5.32 Å².